The van der Waals surface area contributed by atoms with Crippen LogP contribution in [0.1, 0.15) is 13.2 Å². The molecule has 0 spiro atoms. The van der Waals surface area contributed by atoms with Crippen molar-refractivity contribution in [3.8, 4) is 0 Å². The van der Waals surface area contributed by atoms with Gasteiger partial charge in [0.2, 0.25) is 0 Å². The molecule has 0 saturated carbocycles. The molecule has 100 valence electrons. The van der Waals surface area contributed by atoms with Crippen LogP contribution in [0.3, 0.4) is 0 Å². The summed E-state index contributed by atoms with van der Waals surface area (Å²) in [5, 5.41) is 32.4. The van der Waals surface area contributed by atoms with Gasteiger partial charge in [0.15, 0.2) is 6.23 Å². The summed E-state index contributed by atoms with van der Waals surface area (Å²) in [7, 11) is 0. The lowest BCUT2D eigenvalue weighted by molar-refractivity contribution is -0.105. The van der Waals surface area contributed by atoms with Gasteiger partial charge < -0.3 is 20.1 Å². The Balaban J connectivity index is 2.45. The summed E-state index contributed by atoms with van der Waals surface area (Å²) in [4.78, 5) is 24.4. The van der Waals surface area contributed by atoms with E-state index in [1.807, 2.05) is 4.98 Å². The summed E-state index contributed by atoms with van der Waals surface area (Å²) < 4.78 is 5.88. The minimum atomic E-state index is -1.82. The molecule has 0 aliphatic carbocycles. The van der Waals surface area contributed by atoms with Crippen LogP contribution in [-0.2, 0) is 4.74 Å². The van der Waals surface area contributed by atoms with Crippen molar-refractivity contribution in [2.45, 2.75) is 31.0 Å². The van der Waals surface area contributed by atoms with E-state index in [-0.39, 0.29) is 0 Å². The van der Waals surface area contributed by atoms with Crippen LogP contribution in [0.2, 0.25) is 0 Å². The first kappa shape index (κ1) is 12.9. The van der Waals surface area contributed by atoms with Gasteiger partial charge in [-0.25, -0.2) is 4.79 Å². The smallest absolute Gasteiger partial charge is 0.347 e. The Morgan fingerprint density at radius 1 is 1.61 bits per heavy atom. The molecule has 9 nitrogen and oxygen atoms in total. The predicted octanol–water partition coefficient (Wildman–Crippen LogP) is -3.07. The fourth-order valence-electron chi connectivity index (χ4n) is 1.88. The van der Waals surface area contributed by atoms with Gasteiger partial charge in [-0.05, 0) is 6.92 Å². The van der Waals surface area contributed by atoms with Crippen LogP contribution >= 0.6 is 0 Å². The fourth-order valence-corrected chi connectivity index (χ4v) is 1.88. The van der Waals surface area contributed by atoms with Crippen molar-refractivity contribution < 1.29 is 20.1 Å². The molecule has 0 aromatic carbocycles. The van der Waals surface area contributed by atoms with E-state index in [2.05, 4.69) is 5.10 Å². The van der Waals surface area contributed by atoms with Gasteiger partial charge in [-0.1, -0.05) is 0 Å². The maximum absolute atomic E-state index is 11.5. The van der Waals surface area contributed by atoms with Gasteiger partial charge in [0.1, 0.15) is 24.0 Å². The summed E-state index contributed by atoms with van der Waals surface area (Å²) in [5.41, 5.74) is -3.38. The van der Waals surface area contributed by atoms with Gasteiger partial charge in [0.25, 0.3) is 5.56 Å². The number of aromatic nitrogens is 3. The van der Waals surface area contributed by atoms with E-state index in [0.29, 0.717) is 4.68 Å². The Kier molecular flexibility index (Phi) is 3.07. The summed E-state index contributed by atoms with van der Waals surface area (Å²) >= 11 is 0. The highest BCUT2D eigenvalue weighted by molar-refractivity contribution is 4.98. The topological polar surface area (TPSA) is 138 Å². The molecule has 0 unspecified atom stereocenters. The van der Waals surface area contributed by atoms with Gasteiger partial charge in [-0.3, -0.25) is 9.78 Å². The van der Waals surface area contributed by atoms with Gasteiger partial charge >= 0.3 is 5.69 Å². The molecule has 1 aromatic heterocycles. The average molecular weight is 259 g/mol. The number of ether oxygens (including phenoxy) is 1. The van der Waals surface area contributed by atoms with Crippen LogP contribution in [0, 0.1) is 0 Å². The van der Waals surface area contributed by atoms with Gasteiger partial charge in [-0.15, -0.1) is 0 Å². The Bertz CT molecular complexity index is 550. The number of aliphatic hydroxyl groups is 3. The van der Waals surface area contributed by atoms with E-state index in [4.69, 9.17) is 9.84 Å². The summed E-state index contributed by atoms with van der Waals surface area (Å²) in [6.45, 7) is 0.725. The first-order valence-corrected chi connectivity index (χ1v) is 5.23. The Morgan fingerprint density at radius 3 is 2.78 bits per heavy atom. The molecular weight excluding hydrogens is 246 g/mol. The second-order valence-corrected chi connectivity index (χ2v) is 4.26. The van der Waals surface area contributed by atoms with E-state index in [1.165, 1.54) is 6.92 Å². The lowest BCUT2D eigenvalue weighted by Crippen LogP contribution is -2.47. The highest BCUT2D eigenvalue weighted by Gasteiger charge is 2.53. The zero-order valence-corrected chi connectivity index (χ0v) is 9.48. The number of nitrogens with one attached hydrogen (secondary N) is 1. The van der Waals surface area contributed by atoms with Crippen molar-refractivity contribution in [2.24, 2.45) is 0 Å². The largest absolute Gasteiger partial charge is 0.394 e. The van der Waals surface area contributed by atoms with Crippen LogP contribution < -0.4 is 11.2 Å². The molecule has 4 atom stereocenters. The molecule has 1 saturated heterocycles. The third kappa shape index (κ3) is 1.86. The third-order valence-corrected chi connectivity index (χ3v) is 2.89. The van der Waals surface area contributed by atoms with Crippen LogP contribution in [0.25, 0.3) is 0 Å². The first-order valence-electron chi connectivity index (χ1n) is 5.23. The molecule has 0 bridgehead atoms. The maximum Gasteiger partial charge on any atom is 0.347 e. The highest BCUT2D eigenvalue weighted by Crippen LogP contribution is 2.36. The molecule has 9 heteroatoms. The van der Waals surface area contributed by atoms with Crippen molar-refractivity contribution in [1.82, 2.24) is 14.8 Å². The van der Waals surface area contributed by atoms with Crippen LogP contribution in [0.4, 0.5) is 0 Å². The quantitative estimate of drug-likeness (QED) is 0.442. The van der Waals surface area contributed by atoms with Crippen molar-refractivity contribution >= 4 is 0 Å². The molecule has 0 amide bonds. The number of nitrogens with zero attached hydrogens (tertiary/aromatic N) is 2. The van der Waals surface area contributed by atoms with E-state index in [1.54, 1.807) is 0 Å². The Labute approximate surface area is 100 Å². The molecule has 2 rings (SSSR count). The molecule has 0 radical (unpaired) electrons. The zero-order chi connectivity index (χ0) is 13.5. The Hall–Kier alpha value is -1.55. The minimum Gasteiger partial charge on any atom is -0.394 e. The molecule has 1 aliphatic heterocycles. The minimum absolute atomic E-state index is 0.522. The summed E-state index contributed by atoms with van der Waals surface area (Å²) in [6, 6.07) is 0. The number of aromatic amines is 1. The number of aliphatic hydroxyl groups excluding tert-OH is 2. The molecule has 2 heterocycles. The van der Waals surface area contributed by atoms with E-state index >= 15 is 0 Å². The second kappa shape index (κ2) is 4.28. The first-order chi connectivity index (χ1) is 8.37. The maximum atomic E-state index is 11.5. The SMILES string of the molecule is C[C@@]1(O)[C@H](O)[C@@H](CO)O[C@H]1n1ncc(=O)[nH]c1=O. The molecule has 1 fully saturated rings. The summed E-state index contributed by atoms with van der Waals surface area (Å²) in [6.07, 6.45) is -2.87. The fraction of sp³-hybridized carbons (Fsp3) is 0.667. The molecular formula is C9H13N3O6. The molecule has 1 aliphatic rings. The summed E-state index contributed by atoms with van der Waals surface area (Å²) in [5.74, 6) is 0. The number of hydrogen-bond acceptors (Lipinski definition) is 7. The zero-order valence-electron chi connectivity index (χ0n) is 9.48. The van der Waals surface area contributed by atoms with Crippen LogP contribution in [0.15, 0.2) is 15.8 Å². The normalized spacial score (nSPS) is 35.9. The molecule has 4 N–H and O–H groups in total. The predicted molar refractivity (Wildman–Crippen MR) is 56.7 cm³/mol. The van der Waals surface area contributed by atoms with Gasteiger partial charge in [0.05, 0.1) is 6.61 Å². The van der Waals surface area contributed by atoms with Crippen molar-refractivity contribution in [3.63, 3.8) is 0 Å². The Morgan fingerprint density at radius 2 is 2.28 bits per heavy atom. The van der Waals surface area contributed by atoms with Crippen molar-refractivity contribution in [1.29, 1.82) is 0 Å². The number of rotatable bonds is 2. The molecule has 1 aromatic rings. The van der Waals surface area contributed by atoms with Gasteiger partial charge in [0, 0.05) is 0 Å². The van der Waals surface area contributed by atoms with E-state index in [9.17, 15) is 19.8 Å². The number of hydrogen-bond donors (Lipinski definition) is 4. The number of H-pyrrole nitrogens is 1. The standard InChI is InChI=1S/C9H13N3O6/c1-9(17)6(15)4(3-13)18-7(9)12-8(16)11-5(14)2-10-12/h2,4,6-7,13,15,17H,3H2,1H3,(H,11,14,16)/t4-,6-,7-,9-/m1/s1. The lowest BCUT2D eigenvalue weighted by Gasteiger charge is -2.26. The lowest BCUT2D eigenvalue weighted by atomic mass is 9.97. The average Bonchev–Trinajstić information content (AvgIpc) is 2.52. The molecule has 18 heavy (non-hydrogen) atoms. The highest BCUT2D eigenvalue weighted by atomic mass is 16.6. The van der Waals surface area contributed by atoms with Crippen molar-refractivity contribution in [3.05, 3.63) is 27.0 Å². The van der Waals surface area contributed by atoms with Crippen LogP contribution in [0.5, 0.6) is 0 Å². The van der Waals surface area contributed by atoms with E-state index in [0.717, 1.165) is 6.20 Å². The van der Waals surface area contributed by atoms with Gasteiger partial charge in [-0.2, -0.15) is 9.78 Å². The second-order valence-electron chi connectivity index (χ2n) is 4.26. The monoisotopic (exact) mass is 259 g/mol. The van der Waals surface area contributed by atoms with E-state index < -0.39 is 41.9 Å². The van der Waals surface area contributed by atoms with Crippen LogP contribution in [-0.4, -0.2) is 54.5 Å². The van der Waals surface area contributed by atoms with Crippen molar-refractivity contribution in [2.75, 3.05) is 6.61 Å². The third-order valence-electron chi connectivity index (χ3n) is 2.89.